The maximum Gasteiger partial charge on any atom is 0.284 e. The van der Waals surface area contributed by atoms with Crippen LogP contribution < -0.4 is 0 Å². The quantitative estimate of drug-likeness (QED) is 0.234. The molecule has 2 aromatic carbocycles. The van der Waals surface area contributed by atoms with Gasteiger partial charge in [-0.2, -0.15) is 0 Å². The Bertz CT molecular complexity index is 964. The first-order valence-electron chi connectivity index (χ1n) is 10.1. The summed E-state index contributed by atoms with van der Waals surface area (Å²) in [4.78, 5) is 48.4. The smallest absolute Gasteiger partial charge is 0.274 e. The highest BCUT2D eigenvalue weighted by Crippen LogP contribution is 2.40. The van der Waals surface area contributed by atoms with Gasteiger partial charge in [-0.1, -0.05) is 45.4 Å². The van der Waals surface area contributed by atoms with Crippen molar-refractivity contribution in [3.63, 3.8) is 0 Å². The van der Waals surface area contributed by atoms with Crippen LogP contribution in [0, 0.1) is 20.2 Å². The average Bonchev–Trinajstić information content (AvgIpc) is 2.72. The number of rotatable bonds is 10. The second kappa shape index (κ2) is 8.98. The number of nitro groups is 2. The van der Waals surface area contributed by atoms with Gasteiger partial charge in [0.1, 0.15) is 5.39 Å². The molecule has 2 aromatic rings. The normalized spacial score (nSPS) is 13.2. The third-order valence-electron chi connectivity index (χ3n) is 5.45. The summed E-state index contributed by atoms with van der Waals surface area (Å²) in [6.45, 7) is 2.40. The predicted octanol–water partition coefficient (Wildman–Crippen LogP) is 5.00. The summed E-state index contributed by atoms with van der Waals surface area (Å²) in [6, 6.07) is 4.74. The van der Waals surface area contributed by atoms with E-state index in [1.165, 1.54) is 25.0 Å². The Labute approximate surface area is 173 Å². The van der Waals surface area contributed by atoms with Crippen LogP contribution in [0.2, 0.25) is 0 Å². The molecule has 2 amide bonds. The first kappa shape index (κ1) is 21.4. The summed E-state index contributed by atoms with van der Waals surface area (Å²) in [6.07, 6.45) is 7.24. The molecule has 0 atom stereocenters. The number of amides is 2. The van der Waals surface area contributed by atoms with E-state index in [9.17, 15) is 29.8 Å². The molecule has 30 heavy (non-hydrogen) atoms. The number of hydrogen-bond acceptors (Lipinski definition) is 6. The Balaban J connectivity index is 1.91. The van der Waals surface area contributed by atoms with E-state index in [1.807, 2.05) is 0 Å². The van der Waals surface area contributed by atoms with Crippen LogP contribution in [-0.2, 0) is 0 Å². The molecule has 1 aliphatic rings. The van der Waals surface area contributed by atoms with Crippen molar-refractivity contribution in [2.75, 3.05) is 6.54 Å². The van der Waals surface area contributed by atoms with E-state index in [2.05, 4.69) is 6.92 Å². The van der Waals surface area contributed by atoms with E-state index < -0.39 is 33.0 Å². The number of imide groups is 1. The van der Waals surface area contributed by atoms with Crippen LogP contribution in [0.3, 0.4) is 0 Å². The number of unbranched alkanes of at least 4 members (excludes halogenated alkanes) is 6. The molecule has 0 aliphatic carbocycles. The minimum Gasteiger partial charge on any atom is -0.274 e. The number of carbonyl (C=O) groups is 2. The van der Waals surface area contributed by atoms with Crippen molar-refractivity contribution in [1.29, 1.82) is 0 Å². The second-order valence-electron chi connectivity index (χ2n) is 7.41. The highest BCUT2D eigenvalue weighted by molar-refractivity contribution is 6.27. The molecule has 3 rings (SSSR count). The molecule has 1 heterocycles. The summed E-state index contributed by atoms with van der Waals surface area (Å²) < 4.78 is 0. The summed E-state index contributed by atoms with van der Waals surface area (Å²) in [7, 11) is 0. The fourth-order valence-electron chi connectivity index (χ4n) is 3.93. The van der Waals surface area contributed by atoms with Crippen LogP contribution in [0.1, 0.15) is 72.6 Å². The minimum absolute atomic E-state index is 0.00999. The van der Waals surface area contributed by atoms with Gasteiger partial charge in [0.05, 0.1) is 9.85 Å². The van der Waals surface area contributed by atoms with Crippen LogP contribution in [0.5, 0.6) is 0 Å². The molecule has 0 fully saturated rings. The van der Waals surface area contributed by atoms with E-state index in [-0.39, 0.29) is 28.4 Å². The maximum atomic E-state index is 12.9. The summed E-state index contributed by atoms with van der Waals surface area (Å²) in [5.41, 5.74) is -0.833. The van der Waals surface area contributed by atoms with Crippen LogP contribution in [0.15, 0.2) is 24.3 Å². The van der Waals surface area contributed by atoms with Gasteiger partial charge in [-0.15, -0.1) is 0 Å². The summed E-state index contributed by atoms with van der Waals surface area (Å²) in [5.74, 6) is -1.14. The molecule has 0 spiro atoms. The van der Waals surface area contributed by atoms with Gasteiger partial charge in [-0.25, -0.2) is 0 Å². The van der Waals surface area contributed by atoms with Crippen LogP contribution in [0.4, 0.5) is 11.4 Å². The van der Waals surface area contributed by atoms with Crippen LogP contribution in [-0.4, -0.2) is 33.1 Å². The van der Waals surface area contributed by atoms with Gasteiger partial charge in [0.2, 0.25) is 0 Å². The monoisotopic (exact) mass is 413 g/mol. The molecule has 0 aromatic heterocycles. The number of non-ortho nitro benzene ring substituents is 2. The lowest BCUT2D eigenvalue weighted by molar-refractivity contribution is -0.390. The summed E-state index contributed by atoms with van der Waals surface area (Å²) >= 11 is 0. The molecule has 9 nitrogen and oxygen atoms in total. The number of nitrogens with zero attached hydrogens (tertiary/aromatic N) is 3. The number of hydrogen-bond donors (Lipinski definition) is 0. The molecule has 0 saturated heterocycles. The lowest BCUT2D eigenvalue weighted by atomic mass is 9.92. The molecule has 9 heteroatoms. The molecule has 0 bridgehead atoms. The van der Waals surface area contributed by atoms with Crippen molar-refractivity contribution in [3.8, 4) is 0 Å². The lowest BCUT2D eigenvalue weighted by Crippen LogP contribution is -2.41. The SMILES string of the molecule is CCCCCCCCCN1C(=O)c2ccc([N+](=O)[O-])c3c([N+](=O)[O-])ccc(c23)C1=O. The molecule has 0 radical (unpaired) electrons. The zero-order valence-electron chi connectivity index (χ0n) is 16.8. The molecular weight excluding hydrogens is 390 g/mol. The number of nitro benzene ring substituents is 2. The van der Waals surface area contributed by atoms with Gasteiger partial charge in [0.25, 0.3) is 23.2 Å². The predicted molar refractivity (Wildman–Crippen MR) is 111 cm³/mol. The largest absolute Gasteiger partial charge is 0.284 e. The minimum atomic E-state index is -0.740. The van der Waals surface area contributed by atoms with Gasteiger partial charge in [0, 0.05) is 35.2 Å². The lowest BCUT2D eigenvalue weighted by Gasteiger charge is -2.27. The fourth-order valence-corrected chi connectivity index (χ4v) is 3.93. The first-order chi connectivity index (χ1) is 14.4. The fraction of sp³-hybridized carbons (Fsp3) is 0.429. The van der Waals surface area contributed by atoms with Gasteiger partial charge < -0.3 is 0 Å². The molecular formula is C21H23N3O6. The Morgan fingerprint density at radius 2 is 1.20 bits per heavy atom. The van der Waals surface area contributed by atoms with E-state index >= 15 is 0 Å². The molecule has 1 aliphatic heterocycles. The second-order valence-corrected chi connectivity index (χ2v) is 7.41. The highest BCUT2D eigenvalue weighted by atomic mass is 16.6. The van der Waals surface area contributed by atoms with E-state index in [0.717, 1.165) is 42.7 Å². The van der Waals surface area contributed by atoms with Gasteiger partial charge in [-0.3, -0.25) is 34.7 Å². The number of carbonyl (C=O) groups excluding carboxylic acids is 2. The Morgan fingerprint density at radius 1 is 0.733 bits per heavy atom. The maximum absolute atomic E-state index is 12.9. The van der Waals surface area contributed by atoms with Crippen molar-refractivity contribution in [2.45, 2.75) is 51.9 Å². The van der Waals surface area contributed by atoms with Crippen LogP contribution in [0.25, 0.3) is 10.8 Å². The zero-order chi connectivity index (χ0) is 21.8. The Morgan fingerprint density at radius 3 is 1.67 bits per heavy atom. The van der Waals surface area contributed by atoms with E-state index in [4.69, 9.17) is 0 Å². The Hall–Kier alpha value is -3.36. The first-order valence-corrected chi connectivity index (χ1v) is 10.1. The van der Waals surface area contributed by atoms with Crippen molar-refractivity contribution in [2.24, 2.45) is 0 Å². The van der Waals surface area contributed by atoms with Crippen molar-refractivity contribution in [3.05, 3.63) is 55.6 Å². The van der Waals surface area contributed by atoms with Crippen molar-refractivity contribution in [1.82, 2.24) is 4.90 Å². The van der Waals surface area contributed by atoms with E-state index in [1.54, 1.807) is 0 Å². The molecule has 158 valence electrons. The van der Waals surface area contributed by atoms with Crippen molar-refractivity contribution >= 4 is 34.0 Å². The zero-order valence-corrected chi connectivity index (χ0v) is 16.8. The number of benzene rings is 2. The summed E-state index contributed by atoms with van der Waals surface area (Å²) in [5, 5.41) is 22.5. The van der Waals surface area contributed by atoms with Gasteiger partial charge >= 0.3 is 0 Å². The third-order valence-corrected chi connectivity index (χ3v) is 5.45. The van der Waals surface area contributed by atoms with Crippen molar-refractivity contribution < 1.29 is 19.4 Å². The van der Waals surface area contributed by atoms with Gasteiger partial charge in [0.15, 0.2) is 0 Å². The molecule has 0 unspecified atom stereocenters. The molecule has 0 saturated carbocycles. The Kier molecular flexibility index (Phi) is 6.39. The van der Waals surface area contributed by atoms with E-state index in [0.29, 0.717) is 6.42 Å². The third kappa shape index (κ3) is 3.87. The average molecular weight is 413 g/mol. The highest BCUT2D eigenvalue weighted by Gasteiger charge is 2.37. The molecule has 0 N–H and O–H groups in total. The topological polar surface area (TPSA) is 124 Å². The van der Waals surface area contributed by atoms with Crippen LogP contribution >= 0.6 is 0 Å². The standard InChI is InChI=1S/C21H23N3O6/c1-2-3-4-5-6-7-8-13-22-20(25)14-9-11-16(23(27)28)19-17(24(29)30)12-10-15(18(14)19)21(22)26/h9-12H,2-8,13H2,1H3. The van der Waals surface area contributed by atoms with Gasteiger partial charge in [-0.05, 0) is 18.6 Å².